The molecule has 0 aliphatic rings. The summed E-state index contributed by atoms with van der Waals surface area (Å²) in [6.45, 7) is 3.42. The standard InChI is InChI=1S/C24H29NO7.ClH/c1-16(2)22(25)23(26)30-11-12-31-24(27)32-19-9-7-17(8-10-19)5-6-18-13-20(28-3)15-21(14-18)29-4;/h5-10,13-16,22H,11-12,25H2,1-4H3;1H. The monoisotopic (exact) mass is 479 g/mol. The maximum absolute atomic E-state index is 11.8. The van der Waals surface area contributed by atoms with Crippen molar-refractivity contribution in [2.75, 3.05) is 27.4 Å². The number of carbonyl (C=O) groups is 2. The Morgan fingerprint density at radius 1 is 0.848 bits per heavy atom. The molecule has 0 amide bonds. The molecule has 0 radical (unpaired) electrons. The van der Waals surface area contributed by atoms with Crippen LogP contribution in [0.15, 0.2) is 42.5 Å². The van der Waals surface area contributed by atoms with Gasteiger partial charge in [0.1, 0.15) is 36.5 Å². The molecule has 0 aromatic heterocycles. The van der Waals surface area contributed by atoms with E-state index in [9.17, 15) is 9.59 Å². The number of halogens is 1. The molecule has 33 heavy (non-hydrogen) atoms. The highest BCUT2D eigenvalue weighted by Gasteiger charge is 2.18. The normalized spacial score (nSPS) is 11.5. The highest BCUT2D eigenvalue weighted by atomic mass is 35.5. The van der Waals surface area contributed by atoms with E-state index < -0.39 is 18.2 Å². The largest absolute Gasteiger partial charge is 0.513 e. The average molecular weight is 480 g/mol. The lowest BCUT2D eigenvalue weighted by Gasteiger charge is -2.14. The molecule has 0 bridgehead atoms. The summed E-state index contributed by atoms with van der Waals surface area (Å²) in [6.07, 6.45) is 2.94. The Morgan fingerprint density at radius 3 is 1.94 bits per heavy atom. The van der Waals surface area contributed by atoms with Gasteiger partial charge in [-0.3, -0.25) is 4.79 Å². The van der Waals surface area contributed by atoms with E-state index >= 15 is 0 Å². The van der Waals surface area contributed by atoms with Crippen LogP contribution in [0.25, 0.3) is 12.2 Å². The zero-order valence-corrected chi connectivity index (χ0v) is 19.9. The maximum Gasteiger partial charge on any atom is 0.513 e. The Labute approximate surface area is 200 Å². The maximum atomic E-state index is 11.8. The molecule has 0 saturated heterocycles. The number of rotatable bonds is 10. The zero-order valence-electron chi connectivity index (χ0n) is 19.1. The summed E-state index contributed by atoms with van der Waals surface area (Å²) in [5.41, 5.74) is 7.49. The van der Waals surface area contributed by atoms with Crippen molar-refractivity contribution in [2.24, 2.45) is 11.7 Å². The molecule has 2 aromatic carbocycles. The number of esters is 1. The lowest BCUT2D eigenvalue weighted by molar-refractivity contribution is -0.147. The Bertz CT molecular complexity index is 907. The fourth-order valence-electron chi connectivity index (χ4n) is 2.53. The molecule has 8 nitrogen and oxygen atoms in total. The van der Waals surface area contributed by atoms with E-state index in [0.717, 1.165) is 11.1 Å². The van der Waals surface area contributed by atoms with Crippen molar-refractivity contribution in [1.29, 1.82) is 0 Å². The zero-order chi connectivity index (χ0) is 23.5. The summed E-state index contributed by atoms with van der Waals surface area (Å²) in [6, 6.07) is 11.8. The molecule has 2 rings (SSSR count). The van der Waals surface area contributed by atoms with Gasteiger partial charge in [0.05, 0.1) is 14.2 Å². The van der Waals surface area contributed by atoms with Crippen molar-refractivity contribution in [2.45, 2.75) is 19.9 Å². The van der Waals surface area contributed by atoms with Gasteiger partial charge >= 0.3 is 12.1 Å². The number of hydrogen-bond acceptors (Lipinski definition) is 8. The van der Waals surface area contributed by atoms with Crippen molar-refractivity contribution in [1.82, 2.24) is 0 Å². The van der Waals surface area contributed by atoms with Crippen LogP contribution in [0.4, 0.5) is 4.79 Å². The first kappa shape index (κ1) is 27.8. The van der Waals surface area contributed by atoms with Crippen molar-refractivity contribution in [3.63, 3.8) is 0 Å². The van der Waals surface area contributed by atoms with Crippen LogP contribution in [0, 0.1) is 5.92 Å². The summed E-state index contributed by atoms with van der Waals surface area (Å²) in [5.74, 6) is 1.15. The molecule has 2 aromatic rings. The van der Waals surface area contributed by atoms with Crippen molar-refractivity contribution in [3.8, 4) is 17.2 Å². The van der Waals surface area contributed by atoms with Gasteiger partial charge in [-0.15, -0.1) is 12.4 Å². The van der Waals surface area contributed by atoms with Gasteiger partial charge in [0, 0.05) is 6.07 Å². The molecule has 1 atom stereocenters. The van der Waals surface area contributed by atoms with Crippen LogP contribution in [0.2, 0.25) is 0 Å². The van der Waals surface area contributed by atoms with Gasteiger partial charge in [-0.25, -0.2) is 4.79 Å². The van der Waals surface area contributed by atoms with E-state index in [1.165, 1.54) is 0 Å². The second-order valence-electron chi connectivity index (χ2n) is 7.19. The highest BCUT2D eigenvalue weighted by molar-refractivity contribution is 5.85. The van der Waals surface area contributed by atoms with Crippen LogP contribution >= 0.6 is 12.4 Å². The van der Waals surface area contributed by atoms with Gasteiger partial charge in [0.25, 0.3) is 0 Å². The predicted octanol–water partition coefficient (Wildman–Crippen LogP) is 4.34. The number of hydrogen-bond donors (Lipinski definition) is 1. The molecule has 1 unspecified atom stereocenters. The van der Waals surface area contributed by atoms with E-state index in [4.69, 9.17) is 29.4 Å². The van der Waals surface area contributed by atoms with E-state index in [1.54, 1.807) is 44.6 Å². The SMILES string of the molecule is COc1cc(C=Cc2ccc(OC(=O)OCCOC(=O)C(N)C(C)C)cc2)cc(OC)c1.Cl. The molecule has 0 fully saturated rings. The number of methoxy groups -OCH3 is 2. The number of ether oxygens (including phenoxy) is 5. The minimum absolute atomic E-state index is 0. The van der Waals surface area contributed by atoms with Gasteiger partial charge in [-0.05, 0) is 41.3 Å². The lowest BCUT2D eigenvalue weighted by Crippen LogP contribution is -2.37. The molecule has 0 spiro atoms. The molecule has 0 aliphatic carbocycles. The highest BCUT2D eigenvalue weighted by Crippen LogP contribution is 2.24. The van der Waals surface area contributed by atoms with Crippen molar-refractivity contribution in [3.05, 3.63) is 53.6 Å². The van der Waals surface area contributed by atoms with Crippen LogP contribution < -0.4 is 19.9 Å². The smallest absolute Gasteiger partial charge is 0.497 e. The predicted molar refractivity (Wildman–Crippen MR) is 128 cm³/mol. The minimum Gasteiger partial charge on any atom is -0.497 e. The first-order valence-electron chi connectivity index (χ1n) is 10.1. The Hall–Kier alpha value is -3.23. The molecular weight excluding hydrogens is 450 g/mol. The fraction of sp³-hybridized carbons (Fsp3) is 0.333. The molecule has 0 aliphatic heterocycles. The fourth-order valence-corrected chi connectivity index (χ4v) is 2.53. The molecule has 2 N–H and O–H groups in total. The van der Waals surface area contributed by atoms with E-state index in [-0.39, 0.29) is 31.5 Å². The second-order valence-corrected chi connectivity index (χ2v) is 7.19. The van der Waals surface area contributed by atoms with Crippen LogP contribution in [0.5, 0.6) is 17.2 Å². The van der Waals surface area contributed by atoms with Crippen molar-refractivity contribution < 1.29 is 33.3 Å². The Kier molecular flexibility index (Phi) is 11.8. The first-order chi connectivity index (χ1) is 15.3. The summed E-state index contributed by atoms with van der Waals surface area (Å²) in [7, 11) is 3.20. The summed E-state index contributed by atoms with van der Waals surface area (Å²) < 4.78 is 25.5. The first-order valence-corrected chi connectivity index (χ1v) is 10.1. The molecule has 9 heteroatoms. The van der Waals surface area contributed by atoms with Crippen LogP contribution in [-0.4, -0.2) is 45.6 Å². The Morgan fingerprint density at radius 2 is 1.39 bits per heavy atom. The molecular formula is C24H30ClNO7. The third-order valence-corrected chi connectivity index (χ3v) is 4.46. The number of benzene rings is 2. The molecule has 180 valence electrons. The van der Waals surface area contributed by atoms with Gasteiger partial charge in [-0.2, -0.15) is 0 Å². The second kappa shape index (κ2) is 14.0. The van der Waals surface area contributed by atoms with E-state index in [1.807, 2.05) is 38.1 Å². The van der Waals surface area contributed by atoms with Gasteiger partial charge in [0.2, 0.25) is 0 Å². The quantitative estimate of drug-likeness (QED) is 0.232. The number of carbonyl (C=O) groups excluding carboxylic acids is 2. The lowest BCUT2D eigenvalue weighted by atomic mass is 10.1. The third kappa shape index (κ3) is 9.43. The van der Waals surface area contributed by atoms with Crippen molar-refractivity contribution >= 4 is 36.7 Å². The van der Waals surface area contributed by atoms with Gasteiger partial charge in [0.15, 0.2) is 0 Å². The summed E-state index contributed by atoms with van der Waals surface area (Å²) in [5, 5.41) is 0. The van der Waals surface area contributed by atoms with E-state index in [0.29, 0.717) is 17.2 Å². The van der Waals surface area contributed by atoms with Gasteiger partial charge in [-0.1, -0.05) is 38.1 Å². The number of nitrogens with two attached hydrogens (primary N) is 1. The van der Waals surface area contributed by atoms with Gasteiger partial charge < -0.3 is 29.4 Å². The molecule has 0 saturated carbocycles. The summed E-state index contributed by atoms with van der Waals surface area (Å²) in [4.78, 5) is 23.4. The van der Waals surface area contributed by atoms with Crippen LogP contribution in [0.3, 0.4) is 0 Å². The minimum atomic E-state index is -0.888. The Balaban J connectivity index is 0.00000544. The average Bonchev–Trinajstić information content (AvgIpc) is 2.80. The molecule has 0 heterocycles. The van der Waals surface area contributed by atoms with Crippen LogP contribution in [-0.2, 0) is 14.3 Å². The van der Waals surface area contributed by atoms with E-state index in [2.05, 4.69) is 0 Å². The topological polar surface area (TPSA) is 106 Å². The van der Waals surface area contributed by atoms with Crippen LogP contribution in [0.1, 0.15) is 25.0 Å². The summed E-state index contributed by atoms with van der Waals surface area (Å²) >= 11 is 0. The third-order valence-electron chi connectivity index (χ3n) is 4.46.